The number of halogens is 3. The topological polar surface area (TPSA) is 53.6 Å². The van der Waals surface area contributed by atoms with Crippen molar-refractivity contribution >= 4 is 30.7 Å². The van der Waals surface area contributed by atoms with Crippen molar-refractivity contribution in [1.29, 1.82) is 0 Å². The van der Waals surface area contributed by atoms with Gasteiger partial charge < -0.3 is 20.3 Å². The molecule has 0 spiro atoms. The van der Waals surface area contributed by atoms with Gasteiger partial charge in [-0.2, -0.15) is 0 Å². The van der Waals surface area contributed by atoms with Gasteiger partial charge in [-0.1, -0.05) is 12.1 Å². The summed E-state index contributed by atoms with van der Waals surface area (Å²) in [5.41, 5.74) is 0.354. The predicted molar refractivity (Wildman–Crippen MR) is 102 cm³/mol. The summed E-state index contributed by atoms with van der Waals surface area (Å²) in [4.78, 5) is 14.5. The van der Waals surface area contributed by atoms with E-state index in [-0.39, 0.29) is 36.5 Å². The largest absolute Gasteiger partial charge is 0.368 e. The van der Waals surface area contributed by atoms with Crippen LogP contribution in [0, 0.1) is 5.82 Å². The quantitative estimate of drug-likeness (QED) is 0.740. The zero-order valence-corrected chi connectivity index (χ0v) is 16.4. The molecule has 1 amide bonds. The summed E-state index contributed by atoms with van der Waals surface area (Å²) in [5.74, 6) is -0.257. The summed E-state index contributed by atoms with van der Waals surface area (Å²) in [5, 5.41) is 6.22. The van der Waals surface area contributed by atoms with E-state index in [1.165, 1.54) is 12.1 Å². The minimum Gasteiger partial charge on any atom is -0.368 e. The molecule has 25 heavy (non-hydrogen) atoms. The number of likely N-dealkylation sites (N-methyl/N-ethyl adjacent to an activating group) is 1. The fraction of sp³-hybridized carbons (Fsp3) is 0.588. The third-order valence-corrected chi connectivity index (χ3v) is 4.36. The van der Waals surface area contributed by atoms with Crippen LogP contribution in [0.1, 0.15) is 18.4 Å². The monoisotopic (exact) mass is 395 g/mol. The number of benzene rings is 1. The lowest BCUT2D eigenvalue weighted by atomic mass is 9.91. The van der Waals surface area contributed by atoms with Crippen molar-refractivity contribution in [3.8, 4) is 0 Å². The smallest absolute Gasteiger partial charge is 0.252 e. The van der Waals surface area contributed by atoms with Crippen molar-refractivity contribution < 1.29 is 13.9 Å². The van der Waals surface area contributed by atoms with Crippen LogP contribution in [0.2, 0.25) is 0 Å². The molecule has 1 saturated heterocycles. The lowest BCUT2D eigenvalue weighted by Crippen LogP contribution is -2.54. The summed E-state index contributed by atoms with van der Waals surface area (Å²) in [6, 6.07) is 6.48. The van der Waals surface area contributed by atoms with Gasteiger partial charge in [-0.3, -0.25) is 4.79 Å². The van der Waals surface area contributed by atoms with E-state index in [4.69, 9.17) is 4.74 Å². The van der Waals surface area contributed by atoms with Crippen molar-refractivity contribution in [3.63, 3.8) is 0 Å². The van der Waals surface area contributed by atoms with Gasteiger partial charge in [0, 0.05) is 26.7 Å². The highest BCUT2D eigenvalue weighted by Crippen LogP contribution is 2.22. The van der Waals surface area contributed by atoms with Crippen LogP contribution in [0.4, 0.5) is 4.39 Å². The molecule has 1 aliphatic rings. The van der Waals surface area contributed by atoms with Crippen molar-refractivity contribution in [2.75, 3.05) is 40.3 Å². The molecule has 0 atom stereocenters. The molecule has 1 fully saturated rings. The average molecular weight is 396 g/mol. The second kappa shape index (κ2) is 11.6. The van der Waals surface area contributed by atoms with Crippen LogP contribution in [-0.2, 0) is 16.1 Å². The fourth-order valence-electron chi connectivity index (χ4n) is 2.86. The number of nitrogens with zero attached hydrogens (tertiary/aromatic N) is 1. The van der Waals surface area contributed by atoms with E-state index in [0.717, 1.165) is 31.7 Å². The SMILES string of the molecule is COC1(C(=O)NCCN(C)Cc2ccc(F)cc2)CCNCC1.Cl.Cl. The lowest BCUT2D eigenvalue weighted by Gasteiger charge is -2.35. The summed E-state index contributed by atoms with van der Waals surface area (Å²) in [7, 11) is 3.58. The Hall–Kier alpha value is -0.920. The average Bonchev–Trinajstić information content (AvgIpc) is 2.57. The zero-order chi connectivity index (χ0) is 16.7. The molecule has 0 bridgehead atoms. The Labute approximate surface area is 161 Å². The maximum Gasteiger partial charge on any atom is 0.252 e. The van der Waals surface area contributed by atoms with Crippen molar-refractivity contribution in [3.05, 3.63) is 35.6 Å². The van der Waals surface area contributed by atoms with Crippen LogP contribution in [0.15, 0.2) is 24.3 Å². The normalized spacial score (nSPS) is 15.8. The van der Waals surface area contributed by atoms with Crippen LogP contribution in [-0.4, -0.2) is 56.7 Å². The Morgan fingerprint density at radius 1 is 1.28 bits per heavy atom. The van der Waals surface area contributed by atoms with Gasteiger partial charge in [-0.15, -0.1) is 24.8 Å². The van der Waals surface area contributed by atoms with Crippen molar-refractivity contribution in [2.24, 2.45) is 0 Å². The molecule has 2 N–H and O–H groups in total. The van der Waals surface area contributed by atoms with Gasteiger partial charge in [0.15, 0.2) is 0 Å². The zero-order valence-electron chi connectivity index (χ0n) is 14.7. The first kappa shape index (κ1) is 24.1. The van der Waals surface area contributed by atoms with E-state index in [2.05, 4.69) is 15.5 Å². The van der Waals surface area contributed by atoms with Gasteiger partial charge in [0.05, 0.1) is 0 Å². The van der Waals surface area contributed by atoms with E-state index in [9.17, 15) is 9.18 Å². The van der Waals surface area contributed by atoms with E-state index in [1.807, 2.05) is 7.05 Å². The molecule has 0 unspecified atom stereocenters. The van der Waals surface area contributed by atoms with Gasteiger partial charge in [0.1, 0.15) is 11.4 Å². The highest BCUT2D eigenvalue weighted by molar-refractivity contribution is 5.86. The molecule has 8 heteroatoms. The number of rotatable bonds is 7. The van der Waals surface area contributed by atoms with E-state index < -0.39 is 5.60 Å². The van der Waals surface area contributed by atoms with Crippen LogP contribution in [0.3, 0.4) is 0 Å². The number of amides is 1. The number of nitrogens with one attached hydrogen (secondary N) is 2. The molecular weight excluding hydrogens is 368 g/mol. The van der Waals surface area contributed by atoms with Crippen LogP contribution >= 0.6 is 24.8 Å². The predicted octanol–water partition coefficient (Wildman–Crippen LogP) is 1.99. The van der Waals surface area contributed by atoms with Gasteiger partial charge in [-0.05, 0) is 50.7 Å². The van der Waals surface area contributed by atoms with Crippen LogP contribution in [0.5, 0.6) is 0 Å². The van der Waals surface area contributed by atoms with E-state index >= 15 is 0 Å². The van der Waals surface area contributed by atoms with Gasteiger partial charge >= 0.3 is 0 Å². The summed E-state index contributed by atoms with van der Waals surface area (Å²) >= 11 is 0. The molecule has 1 aromatic carbocycles. The Balaban J connectivity index is 0.00000288. The second-order valence-electron chi connectivity index (χ2n) is 6.07. The molecule has 0 saturated carbocycles. The first-order valence-corrected chi connectivity index (χ1v) is 8.03. The molecule has 0 aromatic heterocycles. The minimum absolute atomic E-state index is 0. The number of carbonyl (C=O) groups excluding carboxylic acids is 1. The summed E-state index contributed by atoms with van der Waals surface area (Å²) in [6.07, 6.45) is 1.39. The number of carbonyl (C=O) groups is 1. The third kappa shape index (κ3) is 7.07. The molecule has 2 rings (SSSR count). The van der Waals surface area contributed by atoms with Crippen molar-refractivity contribution in [1.82, 2.24) is 15.5 Å². The Kier molecular flexibility index (Phi) is 11.2. The number of piperidine rings is 1. The van der Waals surface area contributed by atoms with Gasteiger partial charge in [0.2, 0.25) is 0 Å². The van der Waals surface area contributed by atoms with Gasteiger partial charge in [-0.25, -0.2) is 4.39 Å². The maximum absolute atomic E-state index is 12.9. The third-order valence-electron chi connectivity index (χ3n) is 4.36. The van der Waals surface area contributed by atoms with Crippen LogP contribution < -0.4 is 10.6 Å². The Morgan fingerprint density at radius 2 is 1.88 bits per heavy atom. The highest BCUT2D eigenvalue weighted by Gasteiger charge is 2.39. The number of ether oxygens (including phenoxy) is 1. The highest BCUT2D eigenvalue weighted by atomic mass is 35.5. The standard InChI is InChI=1S/C17H26FN3O2.2ClH/c1-21(13-14-3-5-15(18)6-4-14)12-11-20-16(22)17(23-2)7-9-19-10-8-17;;/h3-6,19H,7-13H2,1-2H3,(H,20,22);2*1H. The van der Waals surface area contributed by atoms with E-state index in [0.29, 0.717) is 19.4 Å². The molecule has 1 heterocycles. The number of hydrogen-bond acceptors (Lipinski definition) is 4. The fourth-order valence-corrected chi connectivity index (χ4v) is 2.86. The van der Waals surface area contributed by atoms with Crippen LogP contribution in [0.25, 0.3) is 0 Å². The molecule has 1 aromatic rings. The first-order chi connectivity index (χ1) is 11.1. The molecule has 0 aliphatic carbocycles. The Bertz CT molecular complexity index is 511. The number of hydrogen-bond donors (Lipinski definition) is 2. The molecule has 5 nitrogen and oxygen atoms in total. The molecule has 1 aliphatic heterocycles. The lowest BCUT2D eigenvalue weighted by molar-refractivity contribution is -0.146. The molecular formula is C17H28Cl2FN3O2. The first-order valence-electron chi connectivity index (χ1n) is 8.03. The molecule has 144 valence electrons. The van der Waals surface area contributed by atoms with Crippen molar-refractivity contribution in [2.45, 2.75) is 25.0 Å². The minimum atomic E-state index is -0.694. The maximum atomic E-state index is 12.9. The number of methoxy groups -OCH3 is 1. The molecule has 0 radical (unpaired) electrons. The second-order valence-corrected chi connectivity index (χ2v) is 6.07. The summed E-state index contributed by atoms with van der Waals surface area (Å²) < 4.78 is 18.4. The van der Waals surface area contributed by atoms with Gasteiger partial charge in [0.25, 0.3) is 5.91 Å². The van der Waals surface area contributed by atoms with E-state index in [1.54, 1.807) is 19.2 Å². The Morgan fingerprint density at radius 3 is 2.44 bits per heavy atom. The summed E-state index contributed by atoms with van der Waals surface area (Å²) in [6.45, 7) is 3.60.